The molecule has 0 saturated carbocycles. The van der Waals surface area contributed by atoms with E-state index >= 15 is 0 Å². The smallest absolute Gasteiger partial charge is 0.318 e. The average molecular weight is 415 g/mol. The van der Waals surface area contributed by atoms with Crippen LogP contribution in [0.25, 0.3) is 0 Å². The Labute approximate surface area is 170 Å². The Morgan fingerprint density at radius 1 is 1.00 bits per heavy atom. The lowest BCUT2D eigenvalue weighted by molar-refractivity contribution is -0.140. The normalized spacial score (nSPS) is 13.7. The average Bonchev–Trinajstić information content (AvgIpc) is 2.62. The Morgan fingerprint density at radius 3 is 1.93 bits per heavy atom. The maximum atomic E-state index is 11.6. The third-order valence-corrected chi connectivity index (χ3v) is 6.47. The van der Waals surface area contributed by atoms with Gasteiger partial charge in [0, 0.05) is 17.1 Å². The number of rotatable bonds is 8. The third kappa shape index (κ3) is 6.96. The highest BCUT2D eigenvalue weighted by atomic mass is 32.2. The summed E-state index contributed by atoms with van der Waals surface area (Å²) >= 11 is 2.91. The maximum absolute atomic E-state index is 11.6. The van der Waals surface area contributed by atoms with E-state index in [1.807, 2.05) is 39.8 Å². The van der Waals surface area contributed by atoms with Gasteiger partial charge in [0.2, 0.25) is 0 Å². The fourth-order valence-electron chi connectivity index (χ4n) is 2.43. The second-order valence-corrected chi connectivity index (χ2v) is 10.0. The topological polar surface area (TPSA) is 72.8 Å². The molecule has 0 heterocycles. The third-order valence-electron chi connectivity index (χ3n) is 4.11. The highest BCUT2D eigenvalue weighted by Crippen LogP contribution is 2.37. The second kappa shape index (κ2) is 10.3. The van der Waals surface area contributed by atoms with Crippen molar-refractivity contribution in [3.63, 3.8) is 0 Å². The molecule has 27 heavy (non-hydrogen) atoms. The Morgan fingerprint density at radius 2 is 1.48 bits per heavy atom. The van der Waals surface area contributed by atoms with Crippen LogP contribution in [-0.4, -0.2) is 41.8 Å². The summed E-state index contributed by atoms with van der Waals surface area (Å²) in [5.74, 6) is 0.855. The molecule has 1 rings (SSSR count). The first-order valence-electron chi connectivity index (χ1n) is 8.75. The fraction of sp³-hybridized carbons (Fsp3) is 0.600. The molecule has 0 aliphatic carbocycles. The molecule has 2 unspecified atom stereocenters. The molecule has 0 saturated heterocycles. The number of ether oxygens (including phenoxy) is 2. The quantitative estimate of drug-likeness (QED) is 0.637. The van der Waals surface area contributed by atoms with E-state index < -0.39 is 0 Å². The molecule has 0 bridgehead atoms. The summed E-state index contributed by atoms with van der Waals surface area (Å²) in [5.41, 5.74) is 2.43. The summed E-state index contributed by atoms with van der Waals surface area (Å²) in [4.78, 5) is 23.2. The lowest BCUT2D eigenvalue weighted by Gasteiger charge is -2.24. The molecule has 0 amide bonds. The number of methoxy groups -OCH3 is 2. The van der Waals surface area contributed by atoms with E-state index in [-0.39, 0.29) is 33.6 Å². The predicted molar refractivity (Wildman–Crippen MR) is 112 cm³/mol. The SMILES string of the molecule is COC(=O)C(C)SCc1cc(CSC(C)C(=O)OC)c(O)c(C(C)(C)C)c1. The van der Waals surface area contributed by atoms with Gasteiger partial charge in [-0.1, -0.05) is 32.9 Å². The van der Waals surface area contributed by atoms with Crippen molar-refractivity contribution in [1.29, 1.82) is 0 Å². The number of phenols is 1. The molecule has 152 valence electrons. The molecule has 1 aromatic rings. The summed E-state index contributed by atoms with van der Waals surface area (Å²) in [6, 6.07) is 3.93. The number of benzene rings is 1. The summed E-state index contributed by atoms with van der Waals surface area (Å²) in [6.45, 7) is 9.74. The van der Waals surface area contributed by atoms with Gasteiger partial charge in [0.05, 0.1) is 24.7 Å². The van der Waals surface area contributed by atoms with Crippen LogP contribution in [0.5, 0.6) is 5.75 Å². The number of hydrogen-bond acceptors (Lipinski definition) is 7. The molecule has 0 spiro atoms. The minimum Gasteiger partial charge on any atom is -0.507 e. The molecule has 1 aromatic carbocycles. The Hall–Kier alpha value is -1.34. The molecule has 1 N–H and O–H groups in total. The first kappa shape index (κ1) is 23.7. The van der Waals surface area contributed by atoms with Gasteiger partial charge in [0.25, 0.3) is 0 Å². The summed E-state index contributed by atoms with van der Waals surface area (Å²) in [5, 5.41) is 10.2. The van der Waals surface area contributed by atoms with Crippen molar-refractivity contribution in [2.24, 2.45) is 0 Å². The van der Waals surface area contributed by atoms with E-state index in [2.05, 4.69) is 0 Å². The van der Waals surface area contributed by atoms with Crippen LogP contribution < -0.4 is 0 Å². The molecule has 0 radical (unpaired) electrons. The molecule has 7 heteroatoms. The van der Waals surface area contributed by atoms with Crippen LogP contribution in [0.2, 0.25) is 0 Å². The van der Waals surface area contributed by atoms with Gasteiger partial charge >= 0.3 is 11.9 Å². The summed E-state index contributed by atoms with van der Waals surface area (Å²) in [6.07, 6.45) is 0. The van der Waals surface area contributed by atoms with E-state index in [0.717, 1.165) is 16.7 Å². The number of carbonyl (C=O) groups is 2. The van der Waals surface area contributed by atoms with Crippen molar-refractivity contribution in [2.75, 3.05) is 14.2 Å². The summed E-state index contributed by atoms with van der Waals surface area (Å²) in [7, 11) is 2.75. The molecule has 0 aliphatic heterocycles. The predicted octanol–water partition coefficient (Wildman–Crippen LogP) is 4.28. The number of phenolic OH excluding ortho intramolecular Hbond substituents is 1. The van der Waals surface area contributed by atoms with Crippen LogP contribution in [-0.2, 0) is 36.0 Å². The fourth-order valence-corrected chi connectivity index (χ4v) is 4.15. The van der Waals surface area contributed by atoms with Crippen molar-refractivity contribution in [2.45, 2.75) is 62.0 Å². The van der Waals surface area contributed by atoms with Gasteiger partial charge in [0.15, 0.2) is 0 Å². The zero-order valence-corrected chi connectivity index (χ0v) is 18.8. The highest BCUT2D eigenvalue weighted by Gasteiger charge is 2.23. The Kier molecular flexibility index (Phi) is 9.02. The summed E-state index contributed by atoms with van der Waals surface area (Å²) < 4.78 is 9.53. The minimum absolute atomic E-state index is 0.230. The van der Waals surface area contributed by atoms with Crippen LogP contribution in [0.3, 0.4) is 0 Å². The van der Waals surface area contributed by atoms with Crippen LogP contribution in [0.1, 0.15) is 51.3 Å². The van der Waals surface area contributed by atoms with Gasteiger partial charge in [-0.15, -0.1) is 23.5 Å². The van der Waals surface area contributed by atoms with Gasteiger partial charge in [0.1, 0.15) is 5.75 Å². The standard InChI is InChI=1S/C20H30O5S2/c1-12(18(22)24-6)26-10-14-8-15(11-27-13(2)19(23)25-7)17(21)16(9-14)20(3,4)5/h8-9,12-13,21H,10-11H2,1-7H3. The first-order chi connectivity index (χ1) is 12.5. The van der Waals surface area contributed by atoms with Crippen molar-refractivity contribution >= 4 is 35.5 Å². The van der Waals surface area contributed by atoms with Gasteiger partial charge < -0.3 is 14.6 Å². The lowest BCUT2D eigenvalue weighted by atomic mass is 9.84. The van der Waals surface area contributed by atoms with E-state index in [1.54, 1.807) is 6.92 Å². The molecular formula is C20H30O5S2. The van der Waals surface area contributed by atoms with Gasteiger partial charge in [-0.05, 0) is 30.4 Å². The van der Waals surface area contributed by atoms with Gasteiger partial charge in [-0.3, -0.25) is 9.59 Å². The number of carbonyl (C=O) groups excluding carboxylic acids is 2. The van der Waals surface area contributed by atoms with Crippen molar-refractivity contribution in [3.8, 4) is 5.75 Å². The van der Waals surface area contributed by atoms with Gasteiger partial charge in [-0.25, -0.2) is 0 Å². The maximum Gasteiger partial charge on any atom is 0.318 e. The molecular weight excluding hydrogens is 384 g/mol. The van der Waals surface area contributed by atoms with Crippen molar-refractivity contribution in [3.05, 3.63) is 28.8 Å². The van der Waals surface area contributed by atoms with Crippen molar-refractivity contribution in [1.82, 2.24) is 0 Å². The molecule has 2 atom stereocenters. The zero-order chi connectivity index (χ0) is 20.8. The largest absolute Gasteiger partial charge is 0.507 e. The van der Waals surface area contributed by atoms with E-state index in [4.69, 9.17) is 9.47 Å². The monoisotopic (exact) mass is 414 g/mol. The molecule has 0 aromatic heterocycles. The molecule has 5 nitrogen and oxygen atoms in total. The Bertz CT molecular complexity index is 667. The van der Waals surface area contributed by atoms with Crippen LogP contribution in [0.4, 0.5) is 0 Å². The number of hydrogen-bond donors (Lipinski definition) is 1. The van der Waals surface area contributed by atoms with Crippen molar-refractivity contribution < 1.29 is 24.2 Å². The molecule has 0 aliphatic rings. The van der Waals surface area contributed by atoms with Crippen LogP contribution in [0, 0.1) is 0 Å². The van der Waals surface area contributed by atoms with E-state index in [1.165, 1.54) is 37.7 Å². The zero-order valence-electron chi connectivity index (χ0n) is 17.1. The van der Waals surface area contributed by atoms with E-state index in [0.29, 0.717) is 11.5 Å². The second-order valence-electron chi connectivity index (χ2n) is 7.35. The number of aromatic hydroxyl groups is 1. The lowest BCUT2D eigenvalue weighted by Crippen LogP contribution is -2.16. The highest BCUT2D eigenvalue weighted by molar-refractivity contribution is 8.00. The Balaban J connectivity index is 3.07. The van der Waals surface area contributed by atoms with Gasteiger partial charge in [-0.2, -0.15) is 0 Å². The number of thioether (sulfide) groups is 2. The first-order valence-corrected chi connectivity index (χ1v) is 10.8. The molecule has 0 fully saturated rings. The van der Waals surface area contributed by atoms with E-state index in [9.17, 15) is 14.7 Å². The van der Waals surface area contributed by atoms with Crippen LogP contribution >= 0.6 is 23.5 Å². The minimum atomic E-state index is -0.315. The van der Waals surface area contributed by atoms with Crippen LogP contribution in [0.15, 0.2) is 12.1 Å². The number of esters is 2.